The molecular weight excluding hydrogens is 369 g/mol. The van der Waals surface area contributed by atoms with Crippen molar-refractivity contribution in [3.05, 3.63) is 64.7 Å². The zero-order valence-electron chi connectivity index (χ0n) is 14.1. The second-order valence-electron chi connectivity index (χ2n) is 6.51. The van der Waals surface area contributed by atoms with E-state index >= 15 is 4.39 Å². The van der Waals surface area contributed by atoms with Gasteiger partial charge in [-0.3, -0.25) is 9.78 Å². The minimum atomic E-state index is -4.78. The quantitative estimate of drug-likeness (QED) is 0.792. The van der Waals surface area contributed by atoms with Crippen molar-refractivity contribution in [3.8, 4) is 0 Å². The van der Waals surface area contributed by atoms with Crippen LogP contribution in [0.2, 0.25) is 0 Å². The second-order valence-corrected chi connectivity index (χ2v) is 6.51. The molecule has 8 heteroatoms. The van der Waals surface area contributed by atoms with E-state index in [-0.39, 0.29) is 36.1 Å². The van der Waals surface area contributed by atoms with Crippen molar-refractivity contribution in [1.82, 2.24) is 4.98 Å². The second kappa shape index (κ2) is 6.99. The third-order valence-corrected chi connectivity index (χ3v) is 4.78. The van der Waals surface area contributed by atoms with E-state index in [0.717, 1.165) is 12.1 Å². The van der Waals surface area contributed by atoms with E-state index < -0.39 is 41.5 Å². The Morgan fingerprint density at radius 2 is 2.04 bits per heavy atom. The molecule has 1 N–H and O–H groups in total. The Morgan fingerprint density at radius 1 is 1.30 bits per heavy atom. The predicted molar refractivity (Wildman–Crippen MR) is 85.9 cm³/mol. The fourth-order valence-electron chi connectivity index (χ4n) is 3.39. The highest BCUT2D eigenvalue weighted by molar-refractivity contribution is 5.89. The van der Waals surface area contributed by atoms with Gasteiger partial charge in [0, 0.05) is 18.2 Å². The number of pyridine rings is 1. The van der Waals surface area contributed by atoms with Crippen LogP contribution in [0, 0.1) is 5.82 Å². The van der Waals surface area contributed by atoms with E-state index in [4.69, 9.17) is 0 Å². The first-order chi connectivity index (χ1) is 12.6. The first kappa shape index (κ1) is 19.4. The lowest BCUT2D eigenvalue weighted by Gasteiger charge is -2.32. The summed E-state index contributed by atoms with van der Waals surface area (Å²) in [6, 6.07) is 4.97. The number of Topliss-reactive ketones (excluding diaryl/α,β-unsaturated/α-hetero) is 1. The molecule has 0 unspecified atom stereocenters. The molecule has 0 spiro atoms. The van der Waals surface area contributed by atoms with Gasteiger partial charge in [0.05, 0.1) is 17.4 Å². The fourth-order valence-corrected chi connectivity index (χ4v) is 3.39. The summed E-state index contributed by atoms with van der Waals surface area (Å²) in [5, 5.41) is 9.93. The molecule has 0 saturated carbocycles. The Labute approximate surface area is 151 Å². The van der Waals surface area contributed by atoms with E-state index in [0.29, 0.717) is 6.07 Å². The van der Waals surface area contributed by atoms with Crippen molar-refractivity contribution < 1.29 is 31.9 Å². The largest absolute Gasteiger partial charge is 0.416 e. The Bertz CT molecular complexity index is 867. The van der Waals surface area contributed by atoms with E-state index in [2.05, 4.69) is 4.98 Å². The van der Waals surface area contributed by atoms with Gasteiger partial charge in [0.25, 0.3) is 0 Å². The molecule has 0 aliphatic heterocycles. The van der Waals surface area contributed by atoms with Gasteiger partial charge in [-0.05, 0) is 43.0 Å². The third kappa shape index (κ3) is 3.71. The number of ketones is 1. The van der Waals surface area contributed by atoms with Crippen LogP contribution in [0.15, 0.2) is 36.5 Å². The molecule has 1 heterocycles. The number of aryl methyl sites for hydroxylation is 1. The lowest BCUT2D eigenvalue weighted by atomic mass is 9.77. The highest BCUT2D eigenvalue weighted by Gasteiger charge is 2.46. The van der Waals surface area contributed by atoms with Gasteiger partial charge in [-0.15, -0.1) is 0 Å². The molecule has 0 saturated heterocycles. The smallest absolute Gasteiger partial charge is 0.387 e. The number of nitrogens with zero attached hydrogens (tertiary/aromatic N) is 1. The van der Waals surface area contributed by atoms with Gasteiger partial charge >= 0.3 is 6.18 Å². The molecule has 3 nitrogen and oxygen atoms in total. The monoisotopic (exact) mass is 385 g/mol. The van der Waals surface area contributed by atoms with Gasteiger partial charge in [-0.25, -0.2) is 8.78 Å². The summed E-state index contributed by atoms with van der Waals surface area (Å²) >= 11 is 0. The maximum Gasteiger partial charge on any atom is 0.416 e. The van der Waals surface area contributed by atoms with E-state index in [9.17, 15) is 27.5 Å². The number of aliphatic hydroxyl groups is 1. The van der Waals surface area contributed by atoms with Crippen molar-refractivity contribution in [1.29, 1.82) is 0 Å². The molecule has 2 aromatic rings. The first-order valence-corrected chi connectivity index (χ1v) is 8.34. The van der Waals surface area contributed by atoms with Crippen LogP contribution in [0.1, 0.15) is 47.8 Å². The van der Waals surface area contributed by atoms with Crippen LogP contribution in [0.25, 0.3) is 0 Å². The average Bonchev–Trinajstić information content (AvgIpc) is 2.63. The first-order valence-electron chi connectivity index (χ1n) is 8.34. The molecule has 2 atom stereocenters. The molecule has 0 fully saturated rings. The number of fused-ring (bicyclic) bond motifs is 1. The lowest BCUT2D eigenvalue weighted by molar-refractivity contribution is -0.139. The Kier molecular flexibility index (Phi) is 5.03. The van der Waals surface area contributed by atoms with Gasteiger partial charge in [-0.1, -0.05) is 12.1 Å². The minimum Gasteiger partial charge on any atom is -0.387 e. The SMILES string of the molecule is O=C(CCc1ccc(F)cc1C(F)(F)F)[C@]1(F)CC[C@H](O)c2ncccc21. The summed E-state index contributed by atoms with van der Waals surface area (Å²) in [6.07, 6.45) is -5.57. The number of carbonyl (C=O) groups excluding carboxylic acids is 1. The van der Waals surface area contributed by atoms with Crippen molar-refractivity contribution in [3.63, 3.8) is 0 Å². The summed E-state index contributed by atoms with van der Waals surface area (Å²) in [7, 11) is 0. The van der Waals surface area contributed by atoms with Crippen molar-refractivity contribution >= 4 is 5.78 Å². The van der Waals surface area contributed by atoms with E-state index in [1.54, 1.807) is 0 Å². The zero-order valence-corrected chi connectivity index (χ0v) is 14.1. The number of halogens is 5. The van der Waals surface area contributed by atoms with Crippen LogP contribution >= 0.6 is 0 Å². The average molecular weight is 385 g/mol. The van der Waals surface area contributed by atoms with Crippen molar-refractivity contribution in [2.45, 2.75) is 43.6 Å². The fraction of sp³-hybridized carbons (Fsp3) is 0.368. The number of carbonyl (C=O) groups is 1. The molecule has 0 amide bonds. The van der Waals surface area contributed by atoms with Crippen molar-refractivity contribution in [2.24, 2.45) is 0 Å². The molecule has 0 bridgehead atoms. The molecule has 1 aromatic carbocycles. The van der Waals surface area contributed by atoms with Gasteiger partial charge in [-0.2, -0.15) is 13.2 Å². The van der Waals surface area contributed by atoms with Gasteiger partial charge < -0.3 is 5.11 Å². The Balaban J connectivity index is 1.85. The number of hydrogen-bond donors (Lipinski definition) is 1. The third-order valence-electron chi connectivity index (χ3n) is 4.78. The number of hydrogen-bond acceptors (Lipinski definition) is 3. The molecule has 0 radical (unpaired) electrons. The number of rotatable bonds is 4. The molecule has 144 valence electrons. The molecule has 1 aliphatic rings. The number of benzene rings is 1. The van der Waals surface area contributed by atoms with Gasteiger partial charge in [0.1, 0.15) is 5.82 Å². The van der Waals surface area contributed by atoms with Crippen LogP contribution in [0.3, 0.4) is 0 Å². The van der Waals surface area contributed by atoms with Crippen LogP contribution in [0.5, 0.6) is 0 Å². The predicted octanol–water partition coefficient (Wildman–Crippen LogP) is 4.43. The highest BCUT2D eigenvalue weighted by atomic mass is 19.4. The molecule has 3 rings (SSSR count). The molecule has 1 aliphatic carbocycles. The van der Waals surface area contributed by atoms with E-state index in [1.807, 2.05) is 0 Å². The van der Waals surface area contributed by atoms with Crippen LogP contribution in [-0.4, -0.2) is 15.9 Å². The van der Waals surface area contributed by atoms with Crippen LogP contribution in [-0.2, 0) is 23.1 Å². The normalized spacial score (nSPS) is 22.4. The van der Waals surface area contributed by atoms with Crippen molar-refractivity contribution in [2.75, 3.05) is 0 Å². The maximum atomic E-state index is 15.5. The summed E-state index contributed by atoms with van der Waals surface area (Å²) in [5.41, 5.74) is -3.85. The van der Waals surface area contributed by atoms with Crippen LogP contribution < -0.4 is 0 Å². The highest BCUT2D eigenvalue weighted by Crippen LogP contribution is 2.43. The lowest BCUT2D eigenvalue weighted by Crippen LogP contribution is -2.37. The zero-order chi connectivity index (χ0) is 19.8. The Morgan fingerprint density at radius 3 is 2.74 bits per heavy atom. The topological polar surface area (TPSA) is 50.2 Å². The molecule has 27 heavy (non-hydrogen) atoms. The number of aromatic nitrogens is 1. The summed E-state index contributed by atoms with van der Waals surface area (Å²) in [6.45, 7) is 0. The van der Waals surface area contributed by atoms with Gasteiger partial charge in [0.15, 0.2) is 11.5 Å². The molecular formula is C19H16F5NO2. The summed E-state index contributed by atoms with van der Waals surface area (Å²) in [4.78, 5) is 16.5. The summed E-state index contributed by atoms with van der Waals surface area (Å²) in [5.74, 6) is -1.93. The standard InChI is InChI=1S/C19H16F5NO2/c20-12-5-3-11(14(10-12)19(22,23)24)4-6-16(27)18(21)8-7-15(26)17-13(18)2-1-9-25-17/h1-3,5,9-10,15,26H,4,6-8H2/t15-,18-/m0/s1. The maximum absolute atomic E-state index is 15.5. The van der Waals surface area contributed by atoms with Gasteiger partial charge in [0.2, 0.25) is 0 Å². The molecule has 1 aromatic heterocycles. The van der Waals surface area contributed by atoms with E-state index in [1.165, 1.54) is 18.3 Å². The minimum absolute atomic E-state index is 0.0173. The number of alkyl halides is 4. The number of aliphatic hydroxyl groups excluding tert-OH is 1. The summed E-state index contributed by atoms with van der Waals surface area (Å²) < 4.78 is 67.8. The van der Waals surface area contributed by atoms with Crippen LogP contribution in [0.4, 0.5) is 22.0 Å². The Hall–Kier alpha value is -2.35.